The van der Waals surface area contributed by atoms with E-state index >= 15 is 0 Å². The average molecular weight is 245 g/mol. The van der Waals surface area contributed by atoms with Crippen LogP contribution in [0, 0.1) is 6.92 Å². The number of rotatable bonds is 1. The molecule has 92 valence electrons. The molecule has 0 radical (unpaired) electrons. The summed E-state index contributed by atoms with van der Waals surface area (Å²) in [6, 6.07) is 2.99. The van der Waals surface area contributed by atoms with Gasteiger partial charge in [0, 0.05) is 23.3 Å². The van der Waals surface area contributed by atoms with Gasteiger partial charge in [-0.3, -0.25) is 15.1 Å². The highest BCUT2D eigenvalue weighted by Gasteiger charge is 2.46. The molecule has 0 aliphatic carbocycles. The third-order valence-electron chi connectivity index (χ3n) is 3.08. The first-order valence-corrected chi connectivity index (χ1v) is 5.49. The smallest absolute Gasteiger partial charge is 0.322 e. The predicted octanol–water partition coefficient (Wildman–Crippen LogP) is 1.19. The van der Waals surface area contributed by atoms with Crippen LogP contribution in [0.1, 0.15) is 18.4 Å². The normalized spacial score (nSPS) is 23.2. The van der Waals surface area contributed by atoms with E-state index in [0.717, 1.165) is 11.1 Å². The van der Waals surface area contributed by atoms with Crippen LogP contribution in [0.2, 0.25) is 0 Å². The lowest BCUT2D eigenvalue weighted by atomic mass is 9.99. The molecule has 6 heteroatoms. The Morgan fingerprint density at radius 3 is 2.78 bits per heavy atom. The number of nitrogens with zero attached hydrogens (tertiary/aromatic N) is 1. The third-order valence-corrected chi connectivity index (χ3v) is 3.08. The number of imide groups is 1. The highest BCUT2D eigenvalue weighted by molar-refractivity contribution is 6.07. The number of nitrogens with one attached hydrogen (secondary N) is 2. The van der Waals surface area contributed by atoms with Crippen molar-refractivity contribution < 1.29 is 14.0 Å². The number of carbonyl (C=O) groups excluding carboxylic acids is 2. The number of furan rings is 1. The molecule has 0 spiro atoms. The zero-order valence-corrected chi connectivity index (χ0v) is 9.90. The van der Waals surface area contributed by atoms with Crippen LogP contribution in [0.4, 0.5) is 4.79 Å². The van der Waals surface area contributed by atoms with Crippen molar-refractivity contribution in [3.05, 3.63) is 29.8 Å². The molecular weight excluding hydrogens is 234 g/mol. The van der Waals surface area contributed by atoms with Crippen LogP contribution in [-0.2, 0) is 10.3 Å². The largest absolute Gasteiger partial charge is 0.458 e. The minimum atomic E-state index is -1.16. The van der Waals surface area contributed by atoms with Gasteiger partial charge in [0.1, 0.15) is 11.3 Å². The van der Waals surface area contributed by atoms with Crippen molar-refractivity contribution in [2.75, 3.05) is 0 Å². The van der Waals surface area contributed by atoms with Crippen LogP contribution in [0.15, 0.2) is 22.7 Å². The molecule has 1 fully saturated rings. The lowest BCUT2D eigenvalue weighted by Crippen LogP contribution is -2.40. The molecule has 1 atom stereocenters. The molecule has 18 heavy (non-hydrogen) atoms. The summed E-state index contributed by atoms with van der Waals surface area (Å²) in [5.74, 6) is -0.0236. The maximum absolute atomic E-state index is 11.8. The summed E-state index contributed by atoms with van der Waals surface area (Å²) in [7, 11) is 0. The summed E-state index contributed by atoms with van der Waals surface area (Å²) in [6.07, 6.45) is 1.68. The molecule has 0 saturated carbocycles. The number of urea groups is 1. The molecule has 3 amide bonds. The fourth-order valence-corrected chi connectivity index (χ4v) is 1.99. The highest BCUT2D eigenvalue weighted by Crippen LogP contribution is 2.30. The average Bonchev–Trinajstić information content (AvgIpc) is 2.81. The molecule has 3 heterocycles. The lowest BCUT2D eigenvalue weighted by molar-refractivity contribution is -0.124. The molecule has 2 N–H and O–H groups in total. The van der Waals surface area contributed by atoms with Crippen LogP contribution >= 0.6 is 0 Å². The minimum absolute atomic E-state index is 0.397. The van der Waals surface area contributed by atoms with E-state index in [1.54, 1.807) is 25.3 Å². The second-order valence-electron chi connectivity index (χ2n) is 4.51. The van der Waals surface area contributed by atoms with Crippen molar-refractivity contribution in [3.63, 3.8) is 0 Å². The molecule has 1 aliphatic heterocycles. The SMILES string of the molecule is Cc1cc2oc([C@]3(C)NC(=O)NC3=O)cc2cn1. The number of aromatic nitrogens is 1. The number of pyridine rings is 1. The van der Waals surface area contributed by atoms with E-state index in [1.165, 1.54) is 0 Å². The van der Waals surface area contributed by atoms with Gasteiger partial charge < -0.3 is 9.73 Å². The first kappa shape index (κ1) is 10.8. The van der Waals surface area contributed by atoms with E-state index in [2.05, 4.69) is 15.6 Å². The molecule has 0 bridgehead atoms. The van der Waals surface area contributed by atoms with Crippen molar-refractivity contribution in [2.45, 2.75) is 19.4 Å². The number of fused-ring (bicyclic) bond motifs is 1. The van der Waals surface area contributed by atoms with Crippen molar-refractivity contribution in [1.82, 2.24) is 15.6 Å². The Labute approximate surface area is 102 Å². The Bertz CT molecular complexity index is 676. The van der Waals surface area contributed by atoms with Crippen molar-refractivity contribution in [2.24, 2.45) is 0 Å². The molecule has 2 aromatic heterocycles. The van der Waals surface area contributed by atoms with Crippen molar-refractivity contribution >= 4 is 22.9 Å². The van der Waals surface area contributed by atoms with Gasteiger partial charge in [-0.2, -0.15) is 0 Å². The van der Waals surface area contributed by atoms with Gasteiger partial charge in [-0.05, 0) is 19.9 Å². The van der Waals surface area contributed by atoms with Gasteiger partial charge in [0.25, 0.3) is 5.91 Å². The van der Waals surface area contributed by atoms with Gasteiger partial charge in [0.05, 0.1) is 0 Å². The summed E-state index contributed by atoms with van der Waals surface area (Å²) in [5, 5.41) is 5.55. The van der Waals surface area contributed by atoms with Crippen LogP contribution in [0.25, 0.3) is 11.0 Å². The summed E-state index contributed by atoms with van der Waals surface area (Å²) in [5.41, 5.74) is 0.311. The number of hydrogen-bond acceptors (Lipinski definition) is 4. The fourth-order valence-electron chi connectivity index (χ4n) is 1.99. The maximum atomic E-state index is 11.8. The standard InChI is InChI=1S/C12H11N3O3/c1-6-3-8-7(5-13-6)4-9(18-8)12(2)10(16)14-11(17)15-12/h3-5H,1-2H3,(H2,14,15,16,17)/t12-/m0/s1. The lowest BCUT2D eigenvalue weighted by Gasteiger charge is -2.16. The van der Waals surface area contributed by atoms with Crippen LogP contribution in [0.5, 0.6) is 0 Å². The van der Waals surface area contributed by atoms with Crippen LogP contribution in [0.3, 0.4) is 0 Å². The zero-order chi connectivity index (χ0) is 12.9. The summed E-state index contributed by atoms with van der Waals surface area (Å²) in [4.78, 5) is 27.2. The van der Waals surface area contributed by atoms with E-state index < -0.39 is 17.5 Å². The van der Waals surface area contributed by atoms with Gasteiger partial charge in [-0.25, -0.2) is 4.79 Å². The van der Waals surface area contributed by atoms with Gasteiger partial charge in [-0.1, -0.05) is 0 Å². The van der Waals surface area contributed by atoms with E-state index in [1.807, 2.05) is 6.92 Å². The molecule has 6 nitrogen and oxygen atoms in total. The molecule has 1 aliphatic rings. The van der Waals surface area contributed by atoms with Gasteiger partial charge >= 0.3 is 6.03 Å². The molecule has 0 unspecified atom stereocenters. The van der Waals surface area contributed by atoms with Crippen LogP contribution in [-0.4, -0.2) is 16.9 Å². The molecule has 2 aromatic rings. The molecule has 0 aromatic carbocycles. The Morgan fingerprint density at radius 2 is 2.11 bits per heavy atom. The summed E-state index contributed by atoms with van der Waals surface area (Å²) < 4.78 is 5.64. The Balaban J connectivity index is 2.14. The Hall–Kier alpha value is -2.37. The van der Waals surface area contributed by atoms with E-state index in [4.69, 9.17) is 4.42 Å². The molecule has 1 saturated heterocycles. The summed E-state index contributed by atoms with van der Waals surface area (Å²) in [6.45, 7) is 3.46. The maximum Gasteiger partial charge on any atom is 0.322 e. The van der Waals surface area contributed by atoms with E-state index in [9.17, 15) is 9.59 Å². The summed E-state index contributed by atoms with van der Waals surface area (Å²) >= 11 is 0. The monoisotopic (exact) mass is 245 g/mol. The molecular formula is C12H11N3O3. The first-order chi connectivity index (χ1) is 8.49. The van der Waals surface area contributed by atoms with Gasteiger partial charge in [0.2, 0.25) is 0 Å². The Morgan fingerprint density at radius 1 is 1.33 bits per heavy atom. The highest BCUT2D eigenvalue weighted by atomic mass is 16.3. The number of hydrogen-bond donors (Lipinski definition) is 2. The fraction of sp³-hybridized carbons (Fsp3) is 0.250. The van der Waals surface area contributed by atoms with Crippen molar-refractivity contribution in [3.8, 4) is 0 Å². The van der Waals surface area contributed by atoms with Gasteiger partial charge in [-0.15, -0.1) is 0 Å². The number of amides is 3. The predicted molar refractivity (Wildman–Crippen MR) is 62.8 cm³/mol. The third kappa shape index (κ3) is 1.38. The molecule has 3 rings (SSSR count). The second-order valence-corrected chi connectivity index (χ2v) is 4.51. The van der Waals surface area contributed by atoms with E-state index in [-0.39, 0.29) is 0 Å². The Kier molecular flexibility index (Phi) is 1.98. The second kappa shape index (κ2) is 3.32. The first-order valence-electron chi connectivity index (χ1n) is 5.49. The topological polar surface area (TPSA) is 84.2 Å². The minimum Gasteiger partial charge on any atom is -0.458 e. The van der Waals surface area contributed by atoms with Crippen molar-refractivity contribution in [1.29, 1.82) is 0 Å². The van der Waals surface area contributed by atoms with E-state index in [0.29, 0.717) is 11.3 Å². The zero-order valence-electron chi connectivity index (χ0n) is 9.90. The number of aryl methyl sites for hydroxylation is 1. The van der Waals surface area contributed by atoms with Gasteiger partial charge in [0.15, 0.2) is 5.54 Å². The quantitative estimate of drug-likeness (QED) is 0.739. The number of carbonyl (C=O) groups is 2. The van der Waals surface area contributed by atoms with Crippen LogP contribution < -0.4 is 10.6 Å².